The van der Waals surface area contributed by atoms with Crippen LogP contribution in [0, 0.1) is 3.57 Å². The van der Waals surface area contributed by atoms with Crippen molar-refractivity contribution in [3.05, 3.63) is 103 Å². The molecule has 1 amide bonds. The van der Waals surface area contributed by atoms with Gasteiger partial charge in [-0.1, -0.05) is 63.9 Å². The number of benzene rings is 3. The van der Waals surface area contributed by atoms with E-state index in [1.807, 2.05) is 60.8 Å². The second-order valence-electron chi connectivity index (χ2n) is 7.44. The van der Waals surface area contributed by atoms with Crippen LogP contribution in [0.15, 0.2) is 86.9 Å². The summed E-state index contributed by atoms with van der Waals surface area (Å²) in [6.07, 6.45) is 3.65. The number of nitrogens with zero attached hydrogens (tertiary/aromatic N) is 2. The summed E-state index contributed by atoms with van der Waals surface area (Å²) in [5, 5.41) is 6.79. The Balaban J connectivity index is 1.39. The maximum absolute atomic E-state index is 12.6. The Hall–Kier alpha value is -2.62. The standard InChI is InChI=1S/C25H16BrClIN3O2/c26-18-9-16-10-23(33-24(16)21(28)11-18)25(32)30-29-12-17-14-31(22-8-4-2-6-19(17)22)13-15-5-1-3-7-20(15)27/h1-12,14H,13H2,(H,30,32)/b29-12-. The van der Waals surface area contributed by atoms with Crippen LogP contribution in [-0.2, 0) is 6.54 Å². The number of hydrogen-bond acceptors (Lipinski definition) is 3. The topological polar surface area (TPSA) is 59.5 Å². The van der Waals surface area contributed by atoms with Crippen LogP contribution >= 0.6 is 50.1 Å². The Kier molecular flexibility index (Phi) is 6.27. The fourth-order valence-corrected chi connectivity index (χ4v) is 5.58. The molecule has 0 saturated heterocycles. The van der Waals surface area contributed by atoms with E-state index in [1.165, 1.54) is 0 Å². The van der Waals surface area contributed by atoms with Gasteiger partial charge in [0.15, 0.2) is 5.76 Å². The molecule has 5 nitrogen and oxygen atoms in total. The fraction of sp³-hybridized carbons (Fsp3) is 0.0400. The lowest BCUT2D eigenvalue weighted by Crippen LogP contribution is -2.16. The molecule has 0 fully saturated rings. The summed E-state index contributed by atoms with van der Waals surface area (Å²) in [6, 6.07) is 21.4. The smallest absolute Gasteiger partial charge is 0.307 e. The van der Waals surface area contributed by atoms with Gasteiger partial charge in [-0.3, -0.25) is 4.79 Å². The van der Waals surface area contributed by atoms with Gasteiger partial charge in [0.05, 0.1) is 9.78 Å². The second-order valence-corrected chi connectivity index (χ2v) is 9.92. The molecule has 0 unspecified atom stereocenters. The molecule has 0 bridgehead atoms. The Labute approximate surface area is 216 Å². The molecule has 2 aromatic heterocycles. The minimum atomic E-state index is -0.408. The van der Waals surface area contributed by atoms with E-state index in [4.69, 9.17) is 16.0 Å². The Morgan fingerprint density at radius 3 is 2.79 bits per heavy atom. The second kappa shape index (κ2) is 9.32. The van der Waals surface area contributed by atoms with Crippen LogP contribution in [0.3, 0.4) is 0 Å². The van der Waals surface area contributed by atoms with Crippen molar-refractivity contribution in [3.8, 4) is 0 Å². The molecule has 2 heterocycles. The highest BCUT2D eigenvalue weighted by atomic mass is 127. The molecule has 0 atom stereocenters. The summed E-state index contributed by atoms with van der Waals surface area (Å²) in [5.41, 5.74) is 6.22. The number of para-hydroxylation sites is 1. The van der Waals surface area contributed by atoms with Crippen molar-refractivity contribution in [2.24, 2.45) is 5.10 Å². The van der Waals surface area contributed by atoms with E-state index < -0.39 is 5.91 Å². The van der Waals surface area contributed by atoms with E-state index in [2.05, 4.69) is 59.7 Å². The van der Waals surface area contributed by atoms with Crippen molar-refractivity contribution in [2.75, 3.05) is 0 Å². The maximum Gasteiger partial charge on any atom is 0.307 e. The number of carbonyl (C=O) groups excluding carboxylic acids is 1. The van der Waals surface area contributed by atoms with Crippen molar-refractivity contribution < 1.29 is 9.21 Å². The van der Waals surface area contributed by atoms with Crippen LogP contribution in [0.2, 0.25) is 5.02 Å². The molecule has 1 N–H and O–H groups in total. The molecule has 8 heteroatoms. The molecule has 0 aliphatic heterocycles. The lowest BCUT2D eigenvalue weighted by molar-refractivity contribution is 0.0929. The van der Waals surface area contributed by atoms with Crippen LogP contribution in [0.25, 0.3) is 21.9 Å². The third-order valence-electron chi connectivity index (χ3n) is 5.25. The molecule has 0 spiro atoms. The van der Waals surface area contributed by atoms with Gasteiger partial charge < -0.3 is 8.98 Å². The molecule has 0 radical (unpaired) electrons. The summed E-state index contributed by atoms with van der Waals surface area (Å²) < 4.78 is 9.71. The van der Waals surface area contributed by atoms with Crippen molar-refractivity contribution in [3.63, 3.8) is 0 Å². The van der Waals surface area contributed by atoms with Crippen LogP contribution in [-0.4, -0.2) is 16.7 Å². The number of hydrazone groups is 1. The van der Waals surface area contributed by atoms with E-state index in [9.17, 15) is 4.79 Å². The number of carbonyl (C=O) groups is 1. The van der Waals surface area contributed by atoms with E-state index in [-0.39, 0.29) is 5.76 Å². The lowest BCUT2D eigenvalue weighted by atomic mass is 10.2. The number of halogens is 3. The van der Waals surface area contributed by atoms with Crippen molar-refractivity contribution in [2.45, 2.75) is 6.54 Å². The fourth-order valence-electron chi connectivity index (χ4n) is 3.72. The quantitative estimate of drug-likeness (QED) is 0.126. The predicted octanol–water partition coefficient (Wildman–Crippen LogP) is 7.22. The van der Waals surface area contributed by atoms with Gasteiger partial charge in [-0.05, 0) is 58.5 Å². The van der Waals surface area contributed by atoms with E-state index >= 15 is 0 Å². The monoisotopic (exact) mass is 631 g/mol. The molecule has 0 saturated carbocycles. The number of amides is 1. The highest BCUT2D eigenvalue weighted by Gasteiger charge is 2.14. The van der Waals surface area contributed by atoms with Crippen molar-refractivity contribution >= 4 is 84.1 Å². The average Bonchev–Trinajstić information content (AvgIpc) is 3.38. The number of nitrogens with one attached hydrogen (secondary N) is 1. The number of fused-ring (bicyclic) bond motifs is 2. The molecular weight excluding hydrogens is 617 g/mol. The zero-order valence-electron chi connectivity index (χ0n) is 17.1. The van der Waals surface area contributed by atoms with Crippen LogP contribution in [0.4, 0.5) is 0 Å². The summed E-state index contributed by atoms with van der Waals surface area (Å²) in [7, 11) is 0. The molecule has 33 heavy (non-hydrogen) atoms. The first-order chi connectivity index (χ1) is 16.0. The third kappa shape index (κ3) is 4.58. The summed E-state index contributed by atoms with van der Waals surface area (Å²) in [5.74, 6) is -0.200. The minimum absolute atomic E-state index is 0.208. The summed E-state index contributed by atoms with van der Waals surface area (Å²) in [6.45, 7) is 0.633. The minimum Gasteiger partial charge on any atom is -0.450 e. The zero-order chi connectivity index (χ0) is 22.9. The predicted molar refractivity (Wildman–Crippen MR) is 144 cm³/mol. The Bertz CT molecular complexity index is 1540. The SMILES string of the molecule is O=C(N/N=C\c1cn(Cc2ccccc2Cl)c2ccccc12)c1cc2cc(Br)cc(I)c2o1. The number of aromatic nitrogens is 1. The van der Waals surface area contributed by atoms with Gasteiger partial charge in [0, 0.05) is 44.1 Å². The van der Waals surface area contributed by atoms with E-state index in [0.717, 1.165) is 40.5 Å². The number of furan rings is 1. The molecule has 0 aliphatic rings. The van der Waals surface area contributed by atoms with Gasteiger partial charge >= 0.3 is 5.91 Å². The maximum atomic E-state index is 12.6. The largest absolute Gasteiger partial charge is 0.450 e. The van der Waals surface area contributed by atoms with Gasteiger partial charge in [0.1, 0.15) is 5.58 Å². The molecule has 164 valence electrons. The van der Waals surface area contributed by atoms with Crippen LogP contribution in [0.5, 0.6) is 0 Å². The first kappa shape index (κ1) is 22.2. The lowest BCUT2D eigenvalue weighted by Gasteiger charge is -2.07. The van der Waals surface area contributed by atoms with E-state index in [1.54, 1.807) is 12.3 Å². The van der Waals surface area contributed by atoms with Crippen LogP contribution < -0.4 is 5.43 Å². The summed E-state index contributed by atoms with van der Waals surface area (Å²) >= 11 is 12.0. The van der Waals surface area contributed by atoms with Gasteiger partial charge in [0.25, 0.3) is 0 Å². The molecule has 3 aromatic carbocycles. The normalized spacial score (nSPS) is 11.6. The summed E-state index contributed by atoms with van der Waals surface area (Å²) in [4.78, 5) is 12.6. The Morgan fingerprint density at radius 2 is 1.94 bits per heavy atom. The Morgan fingerprint density at radius 1 is 1.15 bits per heavy atom. The molecule has 0 aliphatic carbocycles. The molecular formula is C25H16BrClIN3O2. The van der Waals surface area contributed by atoms with Crippen LogP contribution in [0.1, 0.15) is 21.7 Å². The van der Waals surface area contributed by atoms with Crippen molar-refractivity contribution in [1.82, 2.24) is 9.99 Å². The van der Waals surface area contributed by atoms with Gasteiger partial charge in [-0.2, -0.15) is 5.10 Å². The number of hydrogen-bond donors (Lipinski definition) is 1. The highest BCUT2D eigenvalue weighted by Crippen LogP contribution is 2.28. The molecule has 5 aromatic rings. The van der Waals surface area contributed by atoms with Gasteiger partial charge in [0.2, 0.25) is 0 Å². The van der Waals surface area contributed by atoms with Gasteiger partial charge in [-0.15, -0.1) is 0 Å². The number of rotatable bonds is 5. The van der Waals surface area contributed by atoms with Crippen molar-refractivity contribution in [1.29, 1.82) is 0 Å². The average molecular weight is 633 g/mol. The molecule has 5 rings (SSSR count). The van der Waals surface area contributed by atoms with Gasteiger partial charge in [-0.25, -0.2) is 5.43 Å². The zero-order valence-corrected chi connectivity index (χ0v) is 21.6. The van der Waals surface area contributed by atoms with E-state index in [0.29, 0.717) is 12.1 Å². The third-order valence-corrected chi connectivity index (χ3v) is 6.88. The first-order valence-corrected chi connectivity index (χ1v) is 12.3. The highest BCUT2D eigenvalue weighted by molar-refractivity contribution is 14.1. The first-order valence-electron chi connectivity index (χ1n) is 10.0.